The van der Waals surface area contributed by atoms with Crippen LogP contribution in [0.25, 0.3) is 0 Å². The summed E-state index contributed by atoms with van der Waals surface area (Å²) >= 11 is 0. The summed E-state index contributed by atoms with van der Waals surface area (Å²) in [7, 11) is 0. The highest BCUT2D eigenvalue weighted by Crippen LogP contribution is 2.13. The topological polar surface area (TPSA) is 51.3 Å². The summed E-state index contributed by atoms with van der Waals surface area (Å²) in [5.41, 5.74) is 1.87. The van der Waals surface area contributed by atoms with E-state index in [1.807, 2.05) is 38.1 Å². The Morgan fingerprint density at radius 3 is 2.52 bits per heavy atom. The number of H-pyrrole nitrogens is 1. The van der Waals surface area contributed by atoms with Crippen LogP contribution < -0.4 is 14.9 Å². The molecule has 4 nitrogen and oxygen atoms in total. The lowest BCUT2D eigenvalue weighted by molar-refractivity contribution is 0.263. The first kappa shape index (κ1) is 15.2. The number of aryl methyl sites for hydroxylation is 2. The number of ether oxygens (including phenoxy) is 2. The molecule has 1 heterocycles. The van der Waals surface area contributed by atoms with Gasteiger partial charge in [-0.3, -0.25) is 4.79 Å². The Morgan fingerprint density at radius 2 is 1.81 bits per heavy atom. The lowest BCUT2D eigenvalue weighted by atomic mass is 10.2. The molecular weight excluding hydrogens is 266 g/mol. The Bertz CT molecular complexity index is 634. The molecule has 0 aliphatic carbocycles. The van der Waals surface area contributed by atoms with Gasteiger partial charge >= 0.3 is 0 Å². The average Bonchev–Trinajstić information content (AvgIpc) is 2.45. The molecule has 0 unspecified atom stereocenters. The van der Waals surface area contributed by atoms with E-state index < -0.39 is 0 Å². The molecule has 21 heavy (non-hydrogen) atoms. The number of aromatic nitrogens is 1. The number of nitrogens with one attached hydrogen (secondary N) is 1. The van der Waals surface area contributed by atoms with Gasteiger partial charge in [0, 0.05) is 12.3 Å². The summed E-state index contributed by atoms with van der Waals surface area (Å²) in [6.07, 6.45) is 3.36. The van der Waals surface area contributed by atoms with Gasteiger partial charge < -0.3 is 14.5 Å². The second-order valence-corrected chi connectivity index (χ2v) is 5.02. The summed E-state index contributed by atoms with van der Waals surface area (Å²) in [5.74, 6) is 1.31. The number of hydrogen-bond acceptors (Lipinski definition) is 3. The van der Waals surface area contributed by atoms with E-state index in [4.69, 9.17) is 9.47 Å². The van der Waals surface area contributed by atoms with E-state index in [2.05, 4.69) is 4.98 Å². The molecule has 0 radical (unpaired) electrons. The summed E-state index contributed by atoms with van der Waals surface area (Å²) in [6.45, 7) is 5.04. The highest BCUT2D eigenvalue weighted by atomic mass is 16.5. The zero-order valence-electron chi connectivity index (χ0n) is 12.5. The Hall–Kier alpha value is -2.23. The molecule has 0 aliphatic rings. The van der Waals surface area contributed by atoms with Crippen LogP contribution in [-0.4, -0.2) is 18.2 Å². The number of unbranched alkanes of at least 4 members (excludes halogenated alkanes) is 1. The molecule has 0 spiro atoms. The van der Waals surface area contributed by atoms with Gasteiger partial charge in [0.25, 0.3) is 0 Å². The third-order valence-corrected chi connectivity index (χ3v) is 3.14. The van der Waals surface area contributed by atoms with Gasteiger partial charge in [-0.1, -0.05) is 12.1 Å². The molecule has 1 aromatic carbocycles. The quantitative estimate of drug-likeness (QED) is 0.795. The SMILES string of the molecule is Cc1cccc(OCCCCOc2c(C)[nH]ccc2=O)c1. The van der Waals surface area contributed by atoms with Gasteiger partial charge in [0.15, 0.2) is 5.75 Å². The van der Waals surface area contributed by atoms with Crippen LogP contribution in [-0.2, 0) is 0 Å². The van der Waals surface area contributed by atoms with E-state index >= 15 is 0 Å². The van der Waals surface area contributed by atoms with E-state index in [0.29, 0.717) is 19.0 Å². The molecule has 0 atom stereocenters. The first-order valence-corrected chi connectivity index (χ1v) is 7.17. The summed E-state index contributed by atoms with van der Waals surface area (Å²) in [5, 5.41) is 0. The number of hydrogen-bond donors (Lipinski definition) is 1. The second kappa shape index (κ2) is 7.53. The highest BCUT2D eigenvalue weighted by molar-refractivity contribution is 5.27. The van der Waals surface area contributed by atoms with Gasteiger partial charge in [-0.25, -0.2) is 0 Å². The molecule has 0 fully saturated rings. The lowest BCUT2D eigenvalue weighted by Gasteiger charge is -2.09. The van der Waals surface area contributed by atoms with Crippen molar-refractivity contribution in [1.82, 2.24) is 4.98 Å². The van der Waals surface area contributed by atoms with Gasteiger partial charge in [0.2, 0.25) is 5.43 Å². The molecule has 0 saturated heterocycles. The van der Waals surface area contributed by atoms with Gasteiger partial charge in [0.1, 0.15) is 5.75 Å². The molecule has 2 aromatic rings. The minimum atomic E-state index is -0.0812. The molecule has 4 heteroatoms. The standard InChI is InChI=1S/C17H21NO3/c1-13-6-5-7-15(12-13)20-10-3-4-11-21-17-14(2)18-9-8-16(17)19/h5-9,12H,3-4,10-11H2,1-2H3,(H,18,19). The van der Waals surface area contributed by atoms with E-state index in [0.717, 1.165) is 24.3 Å². The van der Waals surface area contributed by atoms with Crippen molar-refractivity contribution in [2.24, 2.45) is 0 Å². The first-order chi connectivity index (χ1) is 10.2. The van der Waals surface area contributed by atoms with Gasteiger partial charge in [-0.05, 0) is 44.4 Å². The van der Waals surface area contributed by atoms with Crippen LogP contribution in [0.3, 0.4) is 0 Å². The molecule has 0 bridgehead atoms. The van der Waals surface area contributed by atoms with E-state index in [1.165, 1.54) is 11.6 Å². The third kappa shape index (κ3) is 4.67. The fourth-order valence-corrected chi connectivity index (χ4v) is 2.02. The largest absolute Gasteiger partial charge is 0.494 e. The van der Waals surface area contributed by atoms with Gasteiger partial charge in [-0.2, -0.15) is 0 Å². The van der Waals surface area contributed by atoms with Crippen LogP contribution >= 0.6 is 0 Å². The molecule has 0 saturated carbocycles. The van der Waals surface area contributed by atoms with E-state index in [9.17, 15) is 4.79 Å². The van der Waals surface area contributed by atoms with Crippen molar-refractivity contribution < 1.29 is 9.47 Å². The fraction of sp³-hybridized carbons (Fsp3) is 0.353. The molecular formula is C17H21NO3. The Balaban J connectivity index is 1.68. The number of pyridine rings is 1. The minimum Gasteiger partial charge on any atom is -0.494 e. The molecule has 2 rings (SSSR count). The molecule has 1 aromatic heterocycles. The Morgan fingerprint density at radius 1 is 1.05 bits per heavy atom. The lowest BCUT2D eigenvalue weighted by Crippen LogP contribution is -2.11. The van der Waals surface area contributed by atoms with Crippen LogP contribution in [0, 0.1) is 13.8 Å². The predicted octanol–water partition coefficient (Wildman–Crippen LogP) is 3.23. The highest BCUT2D eigenvalue weighted by Gasteiger charge is 2.03. The van der Waals surface area contributed by atoms with Crippen molar-refractivity contribution in [3.8, 4) is 11.5 Å². The maximum absolute atomic E-state index is 11.6. The normalized spacial score (nSPS) is 10.4. The number of rotatable bonds is 7. The van der Waals surface area contributed by atoms with Crippen LogP contribution in [0.1, 0.15) is 24.1 Å². The fourth-order valence-electron chi connectivity index (χ4n) is 2.02. The predicted molar refractivity (Wildman–Crippen MR) is 83.2 cm³/mol. The van der Waals surface area contributed by atoms with Crippen LogP contribution in [0.5, 0.6) is 11.5 Å². The smallest absolute Gasteiger partial charge is 0.223 e. The van der Waals surface area contributed by atoms with Crippen LogP contribution in [0.2, 0.25) is 0 Å². The van der Waals surface area contributed by atoms with Crippen molar-refractivity contribution in [1.29, 1.82) is 0 Å². The van der Waals surface area contributed by atoms with Crippen molar-refractivity contribution in [3.63, 3.8) is 0 Å². The monoisotopic (exact) mass is 287 g/mol. The molecule has 0 amide bonds. The van der Waals surface area contributed by atoms with Gasteiger partial charge in [0.05, 0.1) is 18.9 Å². The maximum atomic E-state index is 11.6. The van der Waals surface area contributed by atoms with E-state index in [-0.39, 0.29) is 5.43 Å². The number of benzene rings is 1. The Kier molecular flexibility index (Phi) is 5.43. The average molecular weight is 287 g/mol. The summed E-state index contributed by atoms with van der Waals surface area (Å²) in [6, 6.07) is 9.47. The Labute approximate surface area is 124 Å². The van der Waals surface area contributed by atoms with E-state index in [1.54, 1.807) is 6.20 Å². The van der Waals surface area contributed by atoms with Gasteiger partial charge in [-0.15, -0.1) is 0 Å². The minimum absolute atomic E-state index is 0.0812. The summed E-state index contributed by atoms with van der Waals surface area (Å²) in [4.78, 5) is 14.6. The van der Waals surface area contributed by atoms with Crippen molar-refractivity contribution in [3.05, 3.63) is 58.0 Å². The van der Waals surface area contributed by atoms with Crippen LogP contribution in [0.4, 0.5) is 0 Å². The molecule has 112 valence electrons. The molecule has 0 aliphatic heterocycles. The zero-order chi connectivity index (χ0) is 15.1. The first-order valence-electron chi connectivity index (χ1n) is 7.17. The maximum Gasteiger partial charge on any atom is 0.223 e. The second-order valence-electron chi connectivity index (χ2n) is 5.02. The summed E-state index contributed by atoms with van der Waals surface area (Å²) < 4.78 is 11.2. The third-order valence-electron chi connectivity index (χ3n) is 3.14. The zero-order valence-corrected chi connectivity index (χ0v) is 12.5. The van der Waals surface area contributed by atoms with Crippen molar-refractivity contribution in [2.45, 2.75) is 26.7 Å². The number of aromatic amines is 1. The van der Waals surface area contributed by atoms with Crippen molar-refractivity contribution in [2.75, 3.05) is 13.2 Å². The molecule has 1 N–H and O–H groups in total. The van der Waals surface area contributed by atoms with Crippen molar-refractivity contribution >= 4 is 0 Å². The van der Waals surface area contributed by atoms with Crippen LogP contribution in [0.15, 0.2) is 41.3 Å².